The summed E-state index contributed by atoms with van der Waals surface area (Å²) >= 11 is 1.52. The summed E-state index contributed by atoms with van der Waals surface area (Å²) in [4.78, 5) is 14.5. The highest BCUT2D eigenvalue weighted by atomic mass is 32.1. The van der Waals surface area contributed by atoms with E-state index in [1.54, 1.807) is 0 Å². The first-order valence-corrected chi connectivity index (χ1v) is 9.97. The van der Waals surface area contributed by atoms with Gasteiger partial charge in [-0.05, 0) is 43.5 Å². The van der Waals surface area contributed by atoms with Gasteiger partial charge in [0.1, 0.15) is 4.83 Å². The number of aryl methyl sites for hydroxylation is 1. The minimum absolute atomic E-state index is 0.00147. The van der Waals surface area contributed by atoms with E-state index in [4.69, 9.17) is 10.2 Å². The molecular formula is C20H23N3O2S. The number of amides is 1. The van der Waals surface area contributed by atoms with Crippen LogP contribution >= 0.6 is 11.3 Å². The van der Waals surface area contributed by atoms with Gasteiger partial charge in [-0.1, -0.05) is 31.4 Å². The van der Waals surface area contributed by atoms with Crippen LogP contribution in [0.5, 0.6) is 0 Å². The topological polar surface area (TPSA) is 67.2 Å². The van der Waals surface area contributed by atoms with Crippen molar-refractivity contribution in [2.45, 2.75) is 51.7 Å². The molecule has 3 aromatic rings. The molecule has 2 heterocycles. The van der Waals surface area contributed by atoms with Gasteiger partial charge in [-0.15, -0.1) is 11.3 Å². The Bertz CT molecular complexity index is 921. The lowest BCUT2D eigenvalue weighted by Crippen LogP contribution is -2.14. The molecule has 1 amide bonds. The average Bonchev–Trinajstić information content (AvgIpc) is 3.24. The predicted octanol–water partition coefficient (Wildman–Crippen LogP) is 4.66. The van der Waals surface area contributed by atoms with Gasteiger partial charge < -0.3 is 10.4 Å². The first-order chi connectivity index (χ1) is 12.7. The highest BCUT2D eigenvalue weighted by molar-refractivity contribution is 7.20. The fourth-order valence-electron chi connectivity index (χ4n) is 3.64. The Balaban J connectivity index is 1.59. The van der Waals surface area contributed by atoms with Crippen molar-refractivity contribution in [3.8, 4) is 0 Å². The lowest BCUT2D eigenvalue weighted by atomic mass is 9.96. The molecule has 1 fully saturated rings. The largest absolute Gasteiger partial charge is 0.392 e. The molecule has 4 rings (SSSR count). The molecule has 0 bridgehead atoms. The number of thiophene rings is 1. The van der Waals surface area contributed by atoms with Crippen molar-refractivity contribution in [2.75, 3.05) is 5.32 Å². The molecule has 0 spiro atoms. The summed E-state index contributed by atoms with van der Waals surface area (Å²) in [5, 5.41) is 17.9. The van der Waals surface area contributed by atoms with Crippen LogP contribution in [0.3, 0.4) is 0 Å². The van der Waals surface area contributed by atoms with Gasteiger partial charge in [0.15, 0.2) is 0 Å². The van der Waals surface area contributed by atoms with Crippen molar-refractivity contribution in [2.24, 2.45) is 0 Å². The van der Waals surface area contributed by atoms with E-state index >= 15 is 0 Å². The summed E-state index contributed by atoms with van der Waals surface area (Å²) in [6.45, 7) is 2.02. The van der Waals surface area contributed by atoms with E-state index in [0.29, 0.717) is 10.9 Å². The monoisotopic (exact) mass is 369 g/mol. The number of benzene rings is 1. The van der Waals surface area contributed by atoms with Crippen molar-refractivity contribution < 1.29 is 9.90 Å². The minimum Gasteiger partial charge on any atom is -0.392 e. The highest BCUT2D eigenvalue weighted by Crippen LogP contribution is 2.35. The van der Waals surface area contributed by atoms with Crippen LogP contribution in [0, 0.1) is 6.92 Å². The molecule has 0 radical (unpaired) electrons. The molecule has 0 saturated heterocycles. The molecule has 1 saturated carbocycles. The quantitative estimate of drug-likeness (QED) is 0.703. The maximum atomic E-state index is 12.7. The summed E-state index contributed by atoms with van der Waals surface area (Å²) in [7, 11) is 0. The number of aliphatic hydroxyl groups is 1. The van der Waals surface area contributed by atoms with E-state index in [9.17, 15) is 4.79 Å². The lowest BCUT2D eigenvalue weighted by Gasteiger charge is -2.22. The van der Waals surface area contributed by atoms with E-state index in [1.807, 2.05) is 37.3 Å². The SMILES string of the molecule is Cc1nn(C2CCCCC2)c2sc(C(=O)Nc3ccc(CO)cc3)cc12. The van der Waals surface area contributed by atoms with Crippen LogP contribution in [0.2, 0.25) is 0 Å². The van der Waals surface area contributed by atoms with Crippen molar-refractivity contribution in [1.29, 1.82) is 0 Å². The van der Waals surface area contributed by atoms with Gasteiger partial charge in [-0.3, -0.25) is 9.48 Å². The standard InChI is InChI=1S/C20H23N3O2S/c1-13-17-11-18(19(25)21-15-9-7-14(12-24)8-10-15)26-20(17)23(22-13)16-5-3-2-4-6-16/h7-11,16,24H,2-6,12H2,1H3,(H,21,25). The maximum Gasteiger partial charge on any atom is 0.265 e. The minimum atomic E-state index is -0.0995. The second-order valence-corrected chi connectivity index (χ2v) is 7.99. The number of nitrogens with zero attached hydrogens (tertiary/aromatic N) is 2. The number of anilines is 1. The van der Waals surface area contributed by atoms with Gasteiger partial charge in [0, 0.05) is 11.1 Å². The average molecular weight is 369 g/mol. The van der Waals surface area contributed by atoms with Crippen molar-refractivity contribution in [1.82, 2.24) is 9.78 Å². The highest BCUT2D eigenvalue weighted by Gasteiger charge is 2.22. The molecule has 136 valence electrons. The van der Waals surface area contributed by atoms with Gasteiger partial charge in [-0.25, -0.2) is 0 Å². The third-order valence-electron chi connectivity index (χ3n) is 5.11. The fraction of sp³-hybridized carbons (Fsp3) is 0.400. The molecule has 26 heavy (non-hydrogen) atoms. The second kappa shape index (κ2) is 7.21. The maximum absolute atomic E-state index is 12.7. The van der Waals surface area contributed by atoms with Crippen molar-refractivity contribution in [3.05, 3.63) is 46.5 Å². The van der Waals surface area contributed by atoms with Crippen LogP contribution in [0.4, 0.5) is 5.69 Å². The summed E-state index contributed by atoms with van der Waals surface area (Å²) in [5.41, 5.74) is 2.55. The van der Waals surface area contributed by atoms with Crippen LogP contribution in [-0.4, -0.2) is 20.8 Å². The van der Waals surface area contributed by atoms with Gasteiger partial charge in [0.25, 0.3) is 5.91 Å². The van der Waals surface area contributed by atoms with Crippen LogP contribution in [-0.2, 0) is 6.61 Å². The molecule has 6 heteroatoms. The summed E-state index contributed by atoms with van der Waals surface area (Å²) in [5.74, 6) is -0.0995. The smallest absolute Gasteiger partial charge is 0.265 e. The Hall–Kier alpha value is -2.18. The zero-order valence-corrected chi connectivity index (χ0v) is 15.7. The van der Waals surface area contributed by atoms with E-state index in [2.05, 4.69) is 10.00 Å². The number of aromatic nitrogens is 2. The predicted molar refractivity (Wildman–Crippen MR) is 105 cm³/mol. The zero-order valence-electron chi connectivity index (χ0n) is 14.9. The third-order valence-corrected chi connectivity index (χ3v) is 6.23. The Morgan fingerprint density at radius 2 is 2.00 bits per heavy atom. The van der Waals surface area contributed by atoms with Crippen molar-refractivity contribution >= 4 is 33.1 Å². The zero-order chi connectivity index (χ0) is 18.1. The molecule has 2 aromatic heterocycles. The fourth-order valence-corrected chi connectivity index (χ4v) is 4.77. The number of hydrogen-bond donors (Lipinski definition) is 2. The molecule has 0 aliphatic heterocycles. The van der Waals surface area contributed by atoms with Gasteiger partial charge in [0.05, 0.1) is 23.2 Å². The molecule has 5 nitrogen and oxygen atoms in total. The number of hydrogen-bond acceptors (Lipinski definition) is 4. The molecule has 1 aliphatic carbocycles. The third kappa shape index (κ3) is 3.27. The normalized spacial score (nSPS) is 15.5. The molecule has 0 unspecified atom stereocenters. The van der Waals surface area contributed by atoms with E-state index < -0.39 is 0 Å². The number of carbonyl (C=O) groups is 1. The van der Waals surface area contributed by atoms with Crippen LogP contribution in [0.25, 0.3) is 10.2 Å². The van der Waals surface area contributed by atoms with E-state index in [-0.39, 0.29) is 12.5 Å². The van der Waals surface area contributed by atoms with Crippen LogP contribution in [0.15, 0.2) is 30.3 Å². The molecule has 1 aliphatic rings. The Morgan fingerprint density at radius 1 is 1.27 bits per heavy atom. The van der Waals surface area contributed by atoms with Crippen LogP contribution < -0.4 is 5.32 Å². The van der Waals surface area contributed by atoms with Gasteiger partial charge >= 0.3 is 0 Å². The molecule has 1 aromatic carbocycles. The lowest BCUT2D eigenvalue weighted by molar-refractivity contribution is 0.103. The van der Waals surface area contributed by atoms with E-state index in [0.717, 1.165) is 27.2 Å². The number of aliphatic hydroxyl groups excluding tert-OH is 1. The second-order valence-electron chi connectivity index (χ2n) is 6.96. The Labute approximate surface area is 156 Å². The number of carbonyl (C=O) groups excluding carboxylic acids is 1. The summed E-state index contributed by atoms with van der Waals surface area (Å²) < 4.78 is 2.15. The first kappa shape index (κ1) is 17.2. The molecular weight excluding hydrogens is 346 g/mol. The Kier molecular flexibility index (Phi) is 4.78. The van der Waals surface area contributed by atoms with E-state index in [1.165, 1.54) is 43.4 Å². The number of nitrogens with one attached hydrogen (secondary N) is 1. The van der Waals surface area contributed by atoms with Gasteiger partial charge in [-0.2, -0.15) is 5.10 Å². The number of fused-ring (bicyclic) bond motifs is 1. The van der Waals surface area contributed by atoms with Gasteiger partial charge in [0.2, 0.25) is 0 Å². The summed E-state index contributed by atoms with van der Waals surface area (Å²) in [6.07, 6.45) is 6.17. The summed E-state index contributed by atoms with van der Waals surface area (Å²) in [6, 6.07) is 9.66. The number of rotatable bonds is 4. The van der Waals surface area contributed by atoms with Crippen LogP contribution in [0.1, 0.15) is 59.1 Å². The molecule has 0 atom stereocenters. The molecule has 2 N–H and O–H groups in total. The first-order valence-electron chi connectivity index (χ1n) is 9.15. The van der Waals surface area contributed by atoms with Crippen molar-refractivity contribution in [3.63, 3.8) is 0 Å². The Morgan fingerprint density at radius 3 is 2.69 bits per heavy atom.